The summed E-state index contributed by atoms with van der Waals surface area (Å²) in [6.45, 7) is 2.43. The first kappa shape index (κ1) is 15.8. The fourth-order valence-electron chi connectivity index (χ4n) is 2.48. The van der Waals surface area contributed by atoms with Gasteiger partial charge in [-0.1, -0.05) is 29.8 Å². The fraction of sp³-hybridized carbons (Fsp3) is 0.158. The summed E-state index contributed by atoms with van der Waals surface area (Å²) in [6, 6.07) is 13.1. The van der Waals surface area contributed by atoms with Gasteiger partial charge in [-0.2, -0.15) is 0 Å². The lowest BCUT2D eigenvalue weighted by atomic mass is 9.95. The van der Waals surface area contributed by atoms with Crippen molar-refractivity contribution in [3.05, 3.63) is 71.0 Å². The van der Waals surface area contributed by atoms with E-state index in [9.17, 15) is 9.59 Å². The molecule has 1 N–H and O–H groups in total. The average Bonchev–Trinajstić information content (AvgIpc) is 2.58. The van der Waals surface area contributed by atoms with E-state index in [1.807, 2.05) is 31.2 Å². The van der Waals surface area contributed by atoms with Crippen LogP contribution in [0.4, 0.5) is 0 Å². The molecule has 0 spiro atoms. The molecule has 122 valence electrons. The molecule has 0 fully saturated rings. The maximum Gasteiger partial charge on any atom is 0.261 e. The number of fused-ring (bicyclic) bond motifs is 1. The molecule has 0 bridgehead atoms. The molecular formula is C19H17NO4. The number of ether oxygens (including phenoxy) is 2. The molecule has 0 atom stereocenters. The van der Waals surface area contributed by atoms with Crippen molar-refractivity contribution in [2.75, 3.05) is 7.11 Å². The Kier molecular flexibility index (Phi) is 4.33. The zero-order valence-electron chi connectivity index (χ0n) is 13.5. The number of carbonyl (C=O) groups is 2. The van der Waals surface area contributed by atoms with E-state index in [1.54, 1.807) is 18.2 Å². The summed E-state index contributed by atoms with van der Waals surface area (Å²) in [7, 11) is 1.45. The molecule has 2 aromatic rings. The second kappa shape index (κ2) is 6.58. The van der Waals surface area contributed by atoms with Gasteiger partial charge in [0.25, 0.3) is 11.8 Å². The van der Waals surface area contributed by atoms with Crippen LogP contribution < -0.4 is 10.1 Å². The van der Waals surface area contributed by atoms with Crippen molar-refractivity contribution >= 4 is 17.4 Å². The smallest absolute Gasteiger partial charge is 0.261 e. The van der Waals surface area contributed by atoms with Gasteiger partial charge >= 0.3 is 0 Å². The van der Waals surface area contributed by atoms with Crippen molar-refractivity contribution < 1.29 is 19.1 Å². The van der Waals surface area contributed by atoms with Crippen LogP contribution in [0.15, 0.2) is 48.7 Å². The first-order chi connectivity index (χ1) is 11.6. The van der Waals surface area contributed by atoms with E-state index in [2.05, 4.69) is 5.32 Å². The van der Waals surface area contributed by atoms with Gasteiger partial charge in [0, 0.05) is 11.1 Å². The molecular weight excluding hydrogens is 306 g/mol. The zero-order chi connectivity index (χ0) is 17.1. The Bertz CT molecular complexity index is 822. The number of carbonyl (C=O) groups excluding carboxylic acids is 2. The zero-order valence-corrected chi connectivity index (χ0v) is 13.5. The molecule has 2 amide bonds. The number of hydrogen-bond donors (Lipinski definition) is 1. The van der Waals surface area contributed by atoms with Crippen LogP contribution in [-0.4, -0.2) is 18.9 Å². The molecule has 1 aliphatic heterocycles. The van der Waals surface area contributed by atoms with Crippen LogP contribution >= 0.6 is 0 Å². The van der Waals surface area contributed by atoms with Crippen LogP contribution in [0.1, 0.15) is 27.0 Å². The Morgan fingerprint density at radius 2 is 1.75 bits per heavy atom. The molecule has 2 aromatic carbocycles. The van der Waals surface area contributed by atoms with Crippen LogP contribution in [-0.2, 0) is 16.1 Å². The van der Waals surface area contributed by atoms with Crippen molar-refractivity contribution in [3.63, 3.8) is 0 Å². The molecule has 3 rings (SSSR count). The van der Waals surface area contributed by atoms with Gasteiger partial charge in [-0.25, -0.2) is 0 Å². The van der Waals surface area contributed by atoms with Gasteiger partial charge in [-0.3, -0.25) is 14.9 Å². The second-order valence-electron chi connectivity index (χ2n) is 5.53. The molecule has 0 aromatic heterocycles. The maximum atomic E-state index is 12.0. The molecule has 5 heteroatoms. The SMILES string of the molecule is CO/C=C1\C(=O)NC(=O)c2ccc(OCc3ccc(C)cc3)cc21. The highest BCUT2D eigenvalue weighted by molar-refractivity contribution is 6.30. The fourth-order valence-corrected chi connectivity index (χ4v) is 2.48. The molecule has 0 saturated carbocycles. The molecule has 24 heavy (non-hydrogen) atoms. The average molecular weight is 323 g/mol. The van der Waals surface area contributed by atoms with Gasteiger partial charge in [0.1, 0.15) is 12.4 Å². The molecule has 0 saturated heterocycles. The Balaban J connectivity index is 1.86. The highest BCUT2D eigenvalue weighted by atomic mass is 16.5. The van der Waals surface area contributed by atoms with Crippen molar-refractivity contribution in [2.24, 2.45) is 0 Å². The van der Waals surface area contributed by atoms with Crippen LogP contribution in [0.3, 0.4) is 0 Å². The first-order valence-electron chi connectivity index (χ1n) is 7.50. The third kappa shape index (κ3) is 3.15. The summed E-state index contributed by atoms with van der Waals surface area (Å²) < 4.78 is 10.7. The quantitative estimate of drug-likeness (QED) is 0.534. The third-order valence-corrected chi connectivity index (χ3v) is 3.76. The molecule has 0 aliphatic carbocycles. The Hall–Kier alpha value is -3.08. The molecule has 0 radical (unpaired) electrons. The number of imide groups is 1. The molecule has 5 nitrogen and oxygen atoms in total. The summed E-state index contributed by atoms with van der Waals surface area (Å²) in [4.78, 5) is 23.9. The largest absolute Gasteiger partial charge is 0.504 e. The summed E-state index contributed by atoms with van der Waals surface area (Å²) in [6.07, 6.45) is 1.32. The van der Waals surface area contributed by atoms with Crippen LogP contribution in [0.5, 0.6) is 5.75 Å². The summed E-state index contributed by atoms with van der Waals surface area (Å²) >= 11 is 0. The topological polar surface area (TPSA) is 64.6 Å². The minimum atomic E-state index is -0.481. The first-order valence-corrected chi connectivity index (χ1v) is 7.50. The highest BCUT2D eigenvalue weighted by Crippen LogP contribution is 2.28. The van der Waals surface area contributed by atoms with Crippen molar-refractivity contribution in [1.82, 2.24) is 5.32 Å². The van der Waals surface area contributed by atoms with E-state index < -0.39 is 11.8 Å². The second-order valence-corrected chi connectivity index (χ2v) is 5.53. The lowest BCUT2D eigenvalue weighted by Crippen LogP contribution is -2.36. The number of methoxy groups -OCH3 is 1. The predicted molar refractivity (Wildman–Crippen MR) is 89.4 cm³/mol. The Morgan fingerprint density at radius 3 is 2.46 bits per heavy atom. The number of benzene rings is 2. The number of aryl methyl sites for hydroxylation is 1. The van der Waals surface area contributed by atoms with Gasteiger partial charge in [0.2, 0.25) is 0 Å². The van der Waals surface area contributed by atoms with Crippen molar-refractivity contribution in [3.8, 4) is 5.75 Å². The van der Waals surface area contributed by atoms with E-state index in [-0.39, 0.29) is 0 Å². The number of rotatable bonds is 4. The van der Waals surface area contributed by atoms with Crippen LogP contribution in [0.25, 0.3) is 5.57 Å². The predicted octanol–water partition coefficient (Wildman–Crippen LogP) is 2.83. The van der Waals surface area contributed by atoms with Gasteiger partial charge < -0.3 is 9.47 Å². The van der Waals surface area contributed by atoms with Crippen LogP contribution in [0.2, 0.25) is 0 Å². The van der Waals surface area contributed by atoms with Crippen molar-refractivity contribution in [2.45, 2.75) is 13.5 Å². The number of nitrogens with one attached hydrogen (secondary N) is 1. The van der Waals surface area contributed by atoms with Crippen LogP contribution in [0, 0.1) is 6.92 Å². The van der Waals surface area contributed by atoms with Gasteiger partial charge in [-0.15, -0.1) is 0 Å². The third-order valence-electron chi connectivity index (χ3n) is 3.76. The summed E-state index contributed by atoms with van der Waals surface area (Å²) in [5.74, 6) is -0.322. The van der Waals surface area contributed by atoms with E-state index in [4.69, 9.17) is 9.47 Å². The normalized spacial score (nSPS) is 15.0. The van der Waals surface area contributed by atoms with E-state index in [0.717, 1.165) is 5.56 Å². The van der Waals surface area contributed by atoms with Gasteiger partial charge in [0.15, 0.2) is 0 Å². The highest BCUT2D eigenvalue weighted by Gasteiger charge is 2.28. The lowest BCUT2D eigenvalue weighted by Gasteiger charge is -2.19. The summed E-state index contributed by atoms with van der Waals surface area (Å²) in [5, 5.41) is 2.29. The molecule has 1 heterocycles. The maximum absolute atomic E-state index is 12.0. The number of hydrogen-bond acceptors (Lipinski definition) is 4. The van der Waals surface area contributed by atoms with E-state index in [0.29, 0.717) is 29.1 Å². The monoisotopic (exact) mass is 323 g/mol. The van der Waals surface area contributed by atoms with Gasteiger partial charge in [0.05, 0.1) is 18.9 Å². The lowest BCUT2D eigenvalue weighted by molar-refractivity contribution is -0.114. The van der Waals surface area contributed by atoms with Gasteiger partial charge in [-0.05, 0) is 30.7 Å². The Labute approximate surface area is 139 Å². The number of amides is 2. The molecule has 0 unspecified atom stereocenters. The standard InChI is InChI=1S/C19H17NO4/c1-12-3-5-13(6-4-12)10-24-14-7-8-15-16(9-14)17(11-23-2)19(22)20-18(15)21/h3-9,11H,10H2,1-2H3,(H,20,21,22)/b17-11-. The van der Waals surface area contributed by atoms with E-state index in [1.165, 1.54) is 18.9 Å². The minimum absolute atomic E-state index is 0.299. The Morgan fingerprint density at radius 1 is 1.00 bits per heavy atom. The molecule has 1 aliphatic rings. The summed E-state index contributed by atoms with van der Waals surface area (Å²) in [5.41, 5.74) is 3.45. The minimum Gasteiger partial charge on any atom is -0.504 e. The van der Waals surface area contributed by atoms with E-state index >= 15 is 0 Å². The van der Waals surface area contributed by atoms with Crippen molar-refractivity contribution in [1.29, 1.82) is 0 Å².